The van der Waals surface area contributed by atoms with Crippen LogP contribution in [-0.2, 0) is 10.0 Å². The molecule has 7 heteroatoms. The van der Waals surface area contributed by atoms with Crippen LogP contribution in [0, 0.1) is 6.92 Å². The summed E-state index contributed by atoms with van der Waals surface area (Å²) in [7, 11) is -3.89. The van der Waals surface area contributed by atoms with Crippen molar-refractivity contribution >= 4 is 21.1 Å². The number of hydrogen-bond acceptors (Lipinski definition) is 3. The predicted molar refractivity (Wildman–Crippen MR) is 98.4 cm³/mol. The highest BCUT2D eigenvalue weighted by Crippen LogP contribution is 2.18. The second-order valence-electron chi connectivity index (χ2n) is 5.87. The van der Waals surface area contributed by atoms with Crippen molar-refractivity contribution in [3.05, 3.63) is 89.3 Å². The van der Waals surface area contributed by atoms with Crippen molar-refractivity contribution in [1.29, 1.82) is 0 Å². The summed E-state index contributed by atoms with van der Waals surface area (Å²) in [5, 5.41) is 4.51. The van der Waals surface area contributed by atoms with Crippen LogP contribution in [0.4, 0.5) is 0 Å². The van der Waals surface area contributed by atoms with E-state index in [-0.39, 0.29) is 4.90 Å². The van der Waals surface area contributed by atoms with Crippen molar-refractivity contribution in [1.82, 2.24) is 9.90 Å². The molecule has 0 unspecified atom stereocenters. The monoisotopic (exact) mass is 364 g/mol. The summed E-state index contributed by atoms with van der Waals surface area (Å²) >= 11 is 0. The van der Waals surface area contributed by atoms with Gasteiger partial charge in [0.05, 0.1) is 4.90 Å². The summed E-state index contributed by atoms with van der Waals surface area (Å²) in [4.78, 5) is 6.98. The lowest BCUT2D eigenvalue weighted by molar-refractivity contribution is -0.672. The third-order valence-corrected chi connectivity index (χ3v) is 5.21. The third kappa shape index (κ3) is 2.93. The lowest BCUT2D eigenvalue weighted by atomic mass is 10.2. The first-order valence-corrected chi connectivity index (χ1v) is 9.49. The number of rotatable bonds is 4. The van der Waals surface area contributed by atoms with Crippen LogP contribution in [0.5, 0.6) is 0 Å². The van der Waals surface area contributed by atoms with Gasteiger partial charge in [-0.3, -0.25) is 0 Å². The average molecular weight is 364 g/mol. The van der Waals surface area contributed by atoms with Crippen LogP contribution in [-0.4, -0.2) is 18.3 Å². The molecule has 0 spiro atoms. The molecule has 0 amide bonds. The Morgan fingerprint density at radius 1 is 0.885 bits per heavy atom. The van der Waals surface area contributed by atoms with Gasteiger partial charge in [-0.25, -0.2) is 8.42 Å². The fourth-order valence-electron chi connectivity index (χ4n) is 2.63. The molecule has 0 aliphatic carbocycles. The van der Waals surface area contributed by atoms with E-state index < -0.39 is 10.0 Å². The highest BCUT2D eigenvalue weighted by molar-refractivity contribution is 7.93. The zero-order valence-electron chi connectivity index (χ0n) is 14.0. The molecule has 1 heterocycles. The van der Waals surface area contributed by atoms with Crippen LogP contribution in [0.2, 0.25) is 0 Å². The van der Waals surface area contributed by atoms with Gasteiger partial charge in [-0.05, 0) is 36.3 Å². The number of hydrogen-bond donors (Lipinski definition) is 0. The quantitative estimate of drug-likeness (QED) is 0.522. The molecule has 130 valence electrons. The van der Waals surface area contributed by atoms with Gasteiger partial charge < -0.3 is 0 Å². The standard InChI is InChI=1S/C19H16N4O2S/c1-15-11-13-16(14-12-15)22-20-18-9-5-6-10-19(18)23(22)21-26(24,25)17-7-3-2-4-8-17/h2-14H,1H3. The topological polar surface area (TPSA) is 69.9 Å². The van der Waals surface area contributed by atoms with Gasteiger partial charge in [0, 0.05) is 5.69 Å². The molecule has 1 aromatic heterocycles. The van der Waals surface area contributed by atoms with Crippen LogP contribution in [0.15, 0.2) is 83.8 Å². The minimum atomic E-state index is -3.89. The maximum Gasteiger partial charge on any atom is 0.231 e. The van der Waals surface area contributed by atoms with Gasteiger partial charge in [0.2, 0.25) is 15.5 Å². The Labute approximate surface area is 151 Å². The van der Waals surface area contributed by atoms with Crippen molar-refractivity contribution in [2.75, 3.05) is 0 Å². The van der Waals surface area contributed by atoms with E-state index in [0.29, 0.717) is 11.0 Å². The van der Waals surface area contributed by atoms with Crippen LogP contribution in [0.1, 0.15) is 5.56 Å². The van der Waals surface area contributed by atoms with Gasteiger partial charge in [-0.2, -0.15) is 9.62 Å². The number of fused-ring (bicyclic) bond motifs is 1. The van der Waals surface area contributed by atoms with Gasteiger partial charge in [0.15, 0.2) is 5.52 Å². The van der Waals surface area contributed by atoms with E-state index in [1.807, 2.05) is 49.4 Å². The molecule has 0 saturated heterocycles. The summed E-state index contributed by atoms with van der Waals surface area (Å²) in [6.45, 7) is 1.99. The van der Waals surface area contributed by atoms with E-state index in [1.54, 1.807) is 24.3 Å². The summed E-state index contributed by atoms with van der Waals surface area (Å²) in [6.07, 6.45) is 0. The molecule has 0 aliphatic rings. The van der Waals surface area contributed by atoms with Gasteiger partial charge in [0.25, 0.3) is 0 Å². The number of para-hydroxylation sites is 1. The number of aromatic nitrogens is 3. The molecule has 0 N–H and O–H groups in total. The zero-order chi connectivity index (χ0) is 18.1. The molecule has 6 nitrogen and oxygen atoms in total. The van der Waals surface area contributed by atoms with E-state index in [1.165, 1.54) is 21.7 Å². The average Bonchev–Trinajstić information content (AvgIpc) is 3.01. The Kier molecular flexibility index (Phi) is 3.93. The van der Waals surface area contributed by atoms with Crippen LogP contribution >= 0.6 is 0 Å². The first-order valence-electron chi connectivity index (χ1n) is 8.05. The van der Waals surface area contributed by atoms with Crippen molar-refractivity contribution < 1.29 is 13.2 Å². The normalized spacial score (nSPS) is 11.6. The lowest BCUT2D eigenvalue weighted by Crippen LogP contribution is -2.41. The Morgan fingerprint density at radius 2 is 1.54 bits per heavy atom. The largest absolute Gasteiger partial charge is 0.231 e. The van der Waals surface area contributed by atoms with Gasteiger partial charge >= 0.3 is 0 Å². The van der Waals surface area contributed by atoms with E-state index in [2.05, 4.69) is 9.93 Å². The zero-order valence-corrected chi connectivity index (χ0v) is 14.8. The highest BCUT2D eigenvalue weighted by Gasteiger charge is 2.19. The second-order valence-corrected chi connectivity index (χ2v) is 7.46. The summed E-state index contributed by atoms with van der Waals surface area (Å²) in [6, 6.07) is 23.1. The minimum Gasteiger partial charge on any atom is -0.218 e. The van der Waals surface area contributed by atoms with Gasteiger partial charge in [-0.15, -0.1) is 4.80 Å². The van der Waals surface area contributed by atoms with E-state index in [9.17, 15) is 8.42 Å². The molecule has 0 aliphatic heterocycles. The van der Waals surface area contributed by atoms with Crippen LogP contribution < -0.4 is 4.79 Å². The molecule has 0 radical (unpaired) electrons. The maximum absolute atomic E-state index is 12.8. The Bertz CT molecular complexity index is 1170. The van der Waals surface area contributed by atoms with Crippen LogP contribution in [0.25, 0.3) is 21.6 Å². The van der Waals surface area contributed by atoms with Crippen molar-refractivity contribution in [2.24, 2.45) is 0 Å². The first kappa shape index (κ1) is 16.3. The lowest BCUT2D eigenvalue weighted by Gasteiger charge is -2.14. The molecule has 4 rings (SSSR count). The molecular weight excluding hydrogens is 348 g/mol. The molecule has 0 saturated carbocycles. The molecule has 4 aromatic rings. The Balaban J connectivity index is 1.88. The first-order chi connectivity index (χ1) is 12.5. The maximum atomic E-state index is 12.8. The number of nitrogens with zero attached hydrogens (tertiary/aromatic N) is 4. The second kappa shape index (κ2) is 6.27. The minimum absolute atomic E-state index is 0.133. The third-order valence-electron chi connectivity index (χ3n) is 3.97. The fourth-order valence-corrected chi connectivity index (χ4v) is 3.59. The SMILES string of the molecule is Cc1ccc(-n2nc3ccccc3[n+]2[N-]S(=O)(=O)c2ccccc2)cc1. The predicted octanol–water partition coefficient (Wildman–Crippen LogP) is 3.15. The smallest absolute Gasteiger partial charge is 0.218 e. The Morgan fingerprint density at radius 3 is 2.27 bits per heavy atom. The number of benzene rings is 3. The summed E-state index contributed by atoms with van der Waals surface area (Å²) < 4.78 is 25.5. The number of sulfonamides is 1. The van der Waals surface area contributed by atoms with Crippen molar-refractivity contribution in [3.8, 4) is 5.69 Å². The van der Waals surface area contributed by atoms with E-state index >= 15 is 0 Å². The molecule has 0 fully saturated rings. The van der Waals surface area contributed by atoms with E-state index in [0.717, 1.165) is 11.3 Å². The van der Waals surface area contributed by atoms with Crippen LogP contribution in [0.3, 0.4) is 0 Å². The molecule has 0 atom stereocenters. The summed E-state index contributed by atoms with van der Waals surface area (Å²) in [5.41, 5.74) is 3.08. The van der Waals surface area contributed by atoms with Gasteiger partial charge in [0.1, 0.15) is 0 Å². The molecular formula is C19H16N4O2S. The molecule has 3 aromatic carbocycles. The molecule has 26 heavy (non-hydrogen) atoms. The van der Waals surface area contributed by atoms with Gasteiger partial charge in [-0.1, -0.05) is 60.2 Å². The fraction of sp³-hybridized carbons (Fsp3) is 0.0526. The van der Waals surface area contributed by atoms with Crippen molar-refractivity contribution in [2.45, 2.75) is 11.8 Å². The number of aryl methyl sites for hydroxylation is 1. The highest BCUT2D eigenvalue weighted by atomic mass is 32.2. The van der Waals surface area contributed by atoms with E-state index in [4.69, 9.17) is 0 Å². The van der Waals surface area contributed by atoms with Crippen molar-refractivity contribution in [3.63, 3.8) is 0 Å². The molecule has 0 bridgehead atoms. The Hall–Kier alpha value is -3.19. The summed E-state index contributed by atoms with van der Waals surface area (Å²) in [5.74, 6) is 0.